The molecule has 2 aromatic carbocycles. The number of nitrogens with one attached hydrogen (secondary N) is 1. The number of halogens is 1. The van der Waals surface area contributed by atoms with E-state index in [2.05, 4.69) is 5.32 Å². The second-order valence-corrected chi connectivity index (χ2v) is 6.38. The van der Waals surface area contributed by atoms with Crippen molar-refractivity contribution in [2.45, 2.75) is 13.3 Å². The Morgan fingerprint density at radius 1 is 1.19 bits per heavy atom. The van der Waals surface area contributed by atoms with Gasteiger partial charge in [-0.05, 0) is 31.2 Å². The van der Waals surface area contributed by atoms with Crippen LogP contribution in [0.15, 0.2) is 48.5 Å². The molecule has 6 nitrogen and oxygen atoms in total. The van der Waals surface area contributed by atoms with Gasteiger partial charge in [-0.2, -0.15) is 0 Å². The van der Waals surface area contributed by atoms with Crippen LogP contribution in [0.2, 0.25) is 0 Å². The first kappa shape index (κ1) is 18.6. The van der Waals surface area contributed by atoms with Gasteiger partial charge in [-0.1, -0.05) is 29.8 Å². The number of esters is 1. The van der Waals surface area contributed by atoms with Crippen molar-refractivity contribution >= 4 is 29.2 Å². The molecule has 1 N–H and O–H groups in total. The van der Waals surface area contributed by atoms with Crippen molar-refractivity contribution < 1.29 is 23.5 Å². The molecule has 1 heterocycles. The van der Waals surface area contributed by atoms with Crippen LogP contribution < -0.4 is 10.2 Å². The van der Waals surface area contributed by atoms with Gasteiger partial charge in [-0.15, -0.1) is 0 Å². The van der Waals surface area contributed by atoms with Gasteiger partial charge >= 0.3 is 5.97 Å². The van der Waals surface area contributed by atoms with E-state index in [9.17, 15) is 18.8 Å². The lowest BCUT2D eigenvalue weighted by atomic mass is 10.1. The number of nitrogens with zero attached hydrogens (tertiary/aromatic N) is 1. The zero-order valence-corrected chi connectivity index (χ0v) is 14.8. The van der Waals surface area contributed by atoms with Gasteiger partial charge < -0.3 is 15.0 Å². The van der Waals surface area contributed by atoms with Crippen LogP contribution in [0.4, 0.5) is 15.8 Å². The number of ether oxygens (including phenoxy) is 1. The van der Waals surface area contributed by atoms with Crippen LogP contribution in [0, 0.1) is 18.7 Å². The van der Waals surface area contributed by atoms with Gasteiger partial charge in [0.25, 0.3) is 5.91 Å². The second kappa shape index (κ2) is 7.99. The van der Waals surface area contributed by atoms with Gasteiger partial charge in [-0.3, -0.25) is 14.4 Å². The van der Waals surface area contributed by atoms with E-state index in [0.717, 1.165) is 5.56 Å². The molecule has 1 atom stereocenters. The summed E-state index contributed by atoms with van der Waals surface area (Å²) in [7, 11) is 0. The lowest BCUT2D eigenvalue weighted by molar-refractivity contribution is -0.151. The predicted molar refractivity (Wildman–Crippen MR) is 97.6 cm³/mol. The second-order valence-electron chi connectivity index (χ2n) is 6.38. The number of anilines is 2. The van der Waals surface area contributed by atoms with Gasteiger partial charge in [0.1, 0.15) is 5.82 Å². The van der Waals surface area contributed by atoms with E-state index in [1.165, 1.54) is 23.1 Å². The maximum Gasteiger partial charge on any atom is 0.311 e. The Morgan fingerprint density at radius 2 is 1.89 bits per heavy atom. The summed E-state index contributed by atoms with van der Waals surface area (Å²) in [6.45, 7) is 1.51. The molecular weight excluding hydrogens is 351 g/mol. The molecule has 1 aliphatic heterocycles. The first-order valence-electron chi connectivity index (χ1n) is 8.52. The van der Waals surface area contributed by atoms with Gasteiger partial charge in [-0.25, -0.2) is 4.39 Å². The predicted octanol–water partition coefficient (Wildman–Crippen LogP) is 2.67. The highest BCUT2D eigenvalue weighted by Crippen LogP contribution is 2.27. The Hall–Kier alpha value is -3.22. The van der Waals surface area contributed by atoms with Gasteiger partial charge in [0.15, 0.2) is 6.61 Å². The lowest BCUT2D eigenvalue weighted by Gasteiger charge is -2.17. The molecule has 1 fully saturated rings. The van der Waals surface area contributed by atoms with Crippen molar-refractivity contribution in [1.82, 2.24) is 0 Å². The fourth-order valence-electron chi connectivity index (χ4n) is 2.86. The molecule has 1 aliphatic rings. The molecule has 140 valence electrons. The minimum atomic E-state index is -0.732. The molecule has 7 heteroatoms. The molecule has 1 saturated heterocycles. The van der Waals surface area contributed by atoms with E-state index in [-0.39, 0.29) is 24.6 Å². The zero-order valence-electron chi connectivity index (χ0n) is 14.8. The molecule has 0 aliphatic carbocycles. The Morgan fingerprint density at radius 3 is 2.59 bits per heavy atom. The number of carbonyl (C=O) groups excluding carboxylic acids is 3. The topological polar surface area (TPSA) is 75.7 Å². The van der Waals surface area contributed by atoms with E-state index in [4.69, 9.17) is 4.74 Å². The standard InChI is InChI=1S/C20H19FN2O4/c1-13-6-8-15(9-7-13)22-18(24)12-27-20(26)14-10-19(25)23(11-14)17-5-3-2-4-16(17)21/h2-9,14H,10-12H2,1H3,(H,22,24)/t14-/m0/s1. The van der Waals surface area contributed by atoms with E-state index in [0.29, 0.717) is 5.69 Å². The lowest BCUT2D eigenvalue weighted by Crippen LogP contribution is -2.28. The number of benzene rings is 2. The third-order valence-corrected chi connectivity index (χ3v) is 4.28. The Labute approximate surface area is 155 Å². The fraction of sp³-hybridized carbons (Fsp3) is 0.250. The molecule has 0 bridgehead atoms. The van der Waals surface area contributed by atoms with E-state index in [1.54, 1.807) is 18.2 Å². The summed E-state index contributed by atoms with van der Waals surface area (Å²) >= 11 is 0. The van der Waals surface area contributed by atoms with Crippen LogP contribution in [-0.2, 0) is 19.1 Å². The third-order valence-electron chi connectivity index (χ3n) is 4.28. The third kappa shape index (κ3) is 4.49. The van der Waals surface area contributed by atoms with Gasteiger partial charge in [0, 0.05) is 18.7 Å². The molecule has 2 amide bonds. The minimum Gasteiger partial charge on any atom is -0.455 e. The fourth-order valence-corrected chi connectivity index (χ4v) is 2.86. The van der Waals surface area contributed by atoms with Crippen LogP contribution in [0.1, 0.15) is 12.0 Å². The molecule has 2 aromatic rings. The van der Waals surface area contributed by atoms with Gasteiger partial charge in [0.2, 0.25) is 5.91 Å². The number of amides is 2. The number of rotatable bonds is 5. The van der Waals surface area contributed by atoms with Crippen molar-refractivity contribution in [1.29, 1.82) is 0 Å². The van der Waals surface area contributed by atoms with E-state index >= 15 is 0 Å². The maximum absolute atomic E-state index is 13.9. The monoisotopic (exact) mass is 370 g/mol. The van der Waals surface area contributed by atoms with E-state index < -0.39 is 30.2 Å². The highest BCUT2D eigenvalue weighted by molar-refractivity contribution is 6.00. The molecular formula is C20H19FN2O4. The SMILES string of the molecule is Cc1ccc(NC(=O)COC(=O)[C@H]2CC(=O)N(c3ccccc3F)C2)cc1. The first-order valence-corrected chi connectivity index (χ1v) is 8.52. The van der Waals surface area contributed by atoms with Crippen LogP contribution in [0.5, 0.6) is 0 Å². The molecule has 0 spiro atoms. The highest BCUT2D eigenvalue weighted by Gasteiger charge is 2.37. The number of para-hydroxylation sites is 1. The average molecular weight is 370 g/mol. The molecule has 0 aromatic heterocycles. The van der Waals surface area contributed by atoms with Gasteiger partial charge in [0.05, 0.1) is 11.6 Å². The van der Waals surface area contributed by atoms with Crippen molar-refractivity contribution in [2.24, 2.45) is 5.92 Å². The summed E-state index contributed by atoms with van der Waals surface area (Å²) in [5, 5.41) is 2.62. The highest BCUT2D eigenvalue weighted by atomic mass is 19.1. The minimum absolute atomic E-state index is 0.0260. The van der Waals surface area contributed by atoms with Crippen LogP contribution in [-0.4, -0.2) is 30.9 Å². The first-order chi connectivity index (χ1) is 12.9. The molecule has 0 unspecified atom stereocenters. The quantitative estimate of drug-likeness (QED) is 0.821. The Kier molecular flexibility index (Phi) is 5.49. The molecule has 0 radical (unpaired) electrons. The van der Waals surface area contributed by atoms with Crippen molar-refractivity contribution in [2.75, 3.05) is 23.4 Å². The van der Waals surface area contributed by atoms with Crippen LogP contribution >= 0.6 is 0 Å². The molecule has 27 heavy (non-hydrogen) atoms. The number of carbonyl (C=O) groups is 3. The Balaban J connectivity index is 1.53. The summed E-state index contributed by atoms with van der Waals surface area (Å²) in [6, 6.07) is 13.1. The zero-order chi connectivity index (χ0) is 19.4. The average Bonchev–Trinajstić information content (AvgIpc) is 3.04. The Bertz CT molecular complexity index is 867. The summed E-state index contributed by atoms with van der Waals surface area (Å²) in [4.78, 5) is 37.4. The van der Waals surface area contributed by atoms with Crippen molar-refractivity contribution in [3.05, 3.63) is 59.9 Å². The largest absolute Gasteiger partial charge is 0.455 e. The number of hydrogen-bond acceptors (Lipinski definition) is 4. The van der Waals surface area contributed by atoms with Crippen molar-refractivity contribution in [3.63, 3.8) is 0 Å². The maximum atomic E-state index is 13.9. The summed E-state index contributed by atoms with van der Waals surface area (Å²) in [6.07, 6.45) is -0.0766. The van der Waals surface area contributed by atoms with Crippen LogP contribution in [0.3, 0.4) is 0 Å². The van der Waals surface area contributed by atoms with Crippen molar-refractivity contribution in [3.8, 4) is 0 Å². The number of aryl methyl sites for hydroxylation is 1. The molecule has 3 rings (SSSR count). The normalized spacial score (nSPS) is 16.3. The van der Waals surface area contributed by atoms with E-state index in [1.807, 2.05) is 19.1 Å². The summed E-state index contributed by atoms with van der Waals surface area (Å²) < 4.78 is 18.9. The summed E-state index contributed by atoms with van der Waals surface area (Å²) in [5.74, 6) is -2.74. The smallest absolute Gasteiger partial charge is 0.311 e. The molecule has 0 saturated carbocycles. The van der Waals surface area contributed by atoms with Crippen LogP contribution in [0.25, 0.3) is 0 Å². The number of hydrogen-bond donors (Lipinski definition) is 1. The summed E-state index contributed by atoms with van der Waals surface area (Å²) in [5.41, 5.74) is 1.79.